The summed E-state index contributed by atoms with van der Waals surface area (Å²) in [5.41, 5.74) is 0. The lowest BCUT2D eigenvalue weighted by Gasteiger charge is -2.42. The zero-order valence-electron chi connectivity index (χ0n) is 6.85. The fourth-order valence-corrected chi connectivity index (χ4v) is 1.93. The Morgan fingerprint density at radius 3 is 2.33 bits per heavy atom. The number of nitrogens with one attached hydrogen (secondary N) is 1. The zero-order chi connectivity index (χ0) is 8.60. The van der Waals surface area contributed by atoms with E-state index >= 15 is 0 Å². The Morgan fingerprint density at radius 2 is 1.92 bits per heavy atom. The Balaban J connectivity index is 1.91. The van der Waals surface area contributed by atoms with Crippen LogP contribution in [0, 0.1) is 5.92 Å². The Hall–Kier alpha value is -0.220. The first kappa shape index (κ1) is 8.38. The van der Waals surface area contributed by atoms with Crippen molar-refractivity contribution in [1.82, 2.24) is 5.32 Å². The van der Waals surface area contributed by atoms with E-state index < -0.39 is 12.0 Å². The molecule has 12 heavy (non-hydrogen) atoms. The molecule has 2 saturated heterocycles. The summed E-state index contributed by atoms with van der Waals surface area (Å²) in [6, 6.07) is 0. The van der Waals surface area contributed by atoms with Crippen LogP contribution in [0.1, 0.15) is 12.8 Å². The van der Waals surface area contributed by atoms with Crippen molar-refractivity contribution in [3.63, 3.8) is 0 Å². The lowest BCUT2D eigenvalue weighted by atomic mass is 9.86. The summed E-state index contributed by atoms with van der Waals surface area (Å²) in [6.45, 7) is 1.32. The number of rotatable bonds is 1. The second-order valence-electron chi connectivity index (χ2n) is 3.58. The fourth-order valence-electron chi connectivity index (χ4n) is 1.93. The maximum atomic E-state index is 12.8. The van der Waals surface area contributed by atoms with Gasteiger partial charge in [-0.3, -0.25) is 0 Å². The Kier molecular flexibility index (Phi) is 2.04. The summed E-state index contributed by atoms with van der Waals surface area (Å²) in [5, 5.41) is 3.14. The van der Waals surface area contributed by atoms with Crippen LogP contribution >= 0.6 is 0 Å². The van der Waals surface area contributed by atoms with Crippen molar-refractivity contribution in [2.75, 3.05) is 19.7 Å². The van der Waals surface area contributed by atoms with Gasteiger partial charge in [0.15, 0.2) is 0 Å². The Labute approximate surface area is 70.3 Å². The molecule has 0 bridgehead atoms. The third-order valence-corrected chi connectivity index (χ3v) is 2.68. The topological polar surface area (TPSA) is 21.3 Å². The average molecular weight is 177 g/mol. The first-order valence-corrected chi connectivity index (χ1v) is 4.40. The molecule has 2 nitrogen and oxygen atoms in total. The predicted molar refractivity (Wildman–Crippen MR) is 40.3 cm³/mol. The van der Waals surface area contributed by atoms with Gasteiger partial charge in [-0.05, 0) is 31.8 Å². The highest BCUT2D eigenvalue weighted by Gasteiger charge is 2.53. The minimum absolute atomic E-state index is 0.0648. The molecule has 2 aliphatic heterocycles. The van der Waals surface area contributed by atoms with E-state index in [4.69, 9.17) is 4.74 Å². The number of halogens is 2. The fraction of sp³-hybridized carbons (Fsp3) is 1.00. The van der Waals surface area contributed by atoms with E-state index in [1.165, 1.54) is 0 Å². The monoisotopic (exact) mass is 177 g/mol. The maximum absolute atomic E-state index is 12.8. The van der Waals surface area contributed by atoms with Gasteiger partial charge in [-0.15, -0.1) is 0 Å². The molecular weight excluding hydrogens is 164 g/mol. The summed E-state index contributed by atoms with van der Waals surface area (Å²) in [5.74, 6) is -2.49. The first-order chi connectivity index (χ1) is 5.70. The lowest BCUT2D eigenvalue weighted by molar-refractivity contribution is -0.282. The Bertz CT molecular complexity index is 168. The molecule has 0 radical (unpaired) electrons. The molecule has 0 amide bonds. The summed E-state index contributed by atoms with van der Waals surface area (Å²) in [6.07, 6.45) is 0.847. The van der Waals surface area contributed by atoms with Crippen LogP contribution in [0.5, 0.6) is 0 Å². The molecule has 0 saturated carbocycles. The molecule has 1 N–H and O–H groups in total. The van der Waals surface area contributed by atoms with E-state index in [2.05, 4.69) is 5.32 Å². The van der Waals surface area contributed by atoms with E-state index in [-0.39, 0.29) is 12.5 Å². The van der Waals surface area contributed by atoms with Crippen LogP contribution in [0.15, 0.2) is 0 Å². The normalized spacial score (nSPS) is 36.0. The highest BCUT2D eigenvalue weighted by molar-refractivity contribution is 4.92. The highest BCUT2D eigenvalue weighted by atomic mass is 19.3. The number of hydrogen-bond acceptors (Lipinski definition) is 2. The second kappa shape index (κ2) is 2.92. The van der Waals surface area contributed by atoms with Crippen LogP contribution in [0.3, 0.4) is 0 Å². The number of ether oxygens (including phenoxy) is 1. The molecule has 1 atom stereocenters. The van der Waals surface area contributed by atoms with Crippen molar-refractivity contribution in [3.05, 3.63) is 0 Å². The molecule has 0 aromatic carbocycles. The van der Waals surface area contributed by atoms with Crippen LogP contribution in [-0.4, -0.2) is 31.7 Å². The minimum atomic E-state index is -2.55. The largest absolute Gasteiger partial charge is 0.365 e. The van der Waals surface area contributed by atoms with Crippen LogP contribution < -0.4 is 5.32 Å². The van der Waals surface area contributed by atoms with Gasteiger partial charge in [0.2, 0.25) is 0 Å². The van der Waals surface area contributed by atoms with Crippen molar-refractivity contribution in [1.29, 1.82) is 0 Å². The molecular formula is C8H13F2NO. The molecule has 0 aliphatic carbocycles. The molecule has 0 spiro atoms. The van der Waals surface area contributed by atoms with Gasteiger partial charge in [-0.2, -0.15) is 0 Å². The maximum Gasteiger partial charge on any atom is 0.296 e. The average Bonchev–Trinajstić information content (AvgIpc) is 2.05. The Morgan fingerprint density at radius 1 is 1.25 bits per heavy atom. The molecule has 2 heterocycles. The molecule has 2 rings (SSSR count). The molecule has 2 aliphatic rings. The van der Waals surface area contributed by atoms with Crippen molar-refractivity contribution < 1.29 is 13.5 Å². The van der Waals surface area contributed by atoms with Crippen molar-refractivity contribution in [3.8, 4) is 0 Å². The zero-order valence-corrected chi connectivity index (χ0v) is 6.85. The number of piperidine rings is 1. The van der Waals surface area contributed by atoms with Crippen molar-refractivity contribution >= 4 is 0 Å². The van der Waals surface area contributed by atoms with Crippen molar-refractivity contribution in [2.45, 2.75) is 24.9 Å². The van der Waals surface area contributed by atoms with Gasteiger partial charge < -0.3 is 10.1 Å². The third kappa shape index (κ3) is 1.33. The standard InChI is InChI=1S/C8H13F2NO/c9-8(10)5-12-7(8)6-1-3-11-4-2-6/h6-7,11H,1-5H2. The van der Waals surface area contributed by atoms with Gasteiger partial charge in [-0.25, -0.2) is 8.78 Å². The van der Waals surface area contributed by atoms with Gasteiger partial charge in [-0.1, -0.05) is 0 Å². The van der Waals surface area contributed by atoms with Crippen molar-refractivity contribution in [2.24, 2.45) is 5.92 Å². The van der Waals surface area contributed by atoms with E-state index in [1.54, 1.807) is 0 Å². The van der Waals surface area contributed by atoms with E-state index in [0.29, 0.717) is 0 Å². The van der Waals surface area contributed by atoms with Crippen LogP contribution in [0.2, 0.25) is 0 Å². The number of hydrogen-bond donors (Lipinski definition) is 1. The van der Waals surface area contributed by atoms with Crippen LogP contribution in [-0.2, 0) is 4.74 Å². The summed E-state index contributed by atoms with van der Waals surface area (Å²) >= 11 is 0. The van der Waals surface area contributed by atoms with Gasteiger partial charge >= 0.3 is 0 Å². The molecule has 0 aromatic heterocycles. The van der Waals surface area contributed by atoms with Crippen LogP contribution in [0.4, 0.5) is 8.78 Å². The molecule has 0 aromatic rings. The molecule has 1 unspecified atom stereocenters. The molecule has 70 valence electrons. The van der Waals surface area contributed by atoms with Gasteiger partial charge in [0, 0.05) is 0 Å². The minimum Gasteiger partial charge on any atom is -0.365 e. The first-order valence-electron chi connectivity index (χ1n) is 4.40. The molecule has 4 heteroatoms. The van der Waals surface area contributed by atoms with Gasteiger partial charge in [0.1, 0.15) is 12.7 Å². The van der Waals surface area contributed by atoms with E-state index in [9.17, 15) is 8.78 Å². The van der Waals surface area contributed by atoms with Gasteiger partial charge in [0.25, 0.3) is 5.92 Å². The third-order valence-electron chi connectivity index (χ3n) is 2.68. The van der Waals surface area contributed by atoms with Gasteiger partial charge in [0.05, 0.1) is 0 Å². The SMILES string of the molecule is FC1(F)COC1C1CCNCC1. The lowest BCUT2D eigenvalue weighted by Crippen LogP contribution is -2.56. The predicted octanol–water partition coefficient (Wildman–Crippen LogP) is 1.02. The van der Waals surface area contributed by atoms with E-state index in [0.717, 1.165) is 25.9 Å². The highest BCUT2D eigenvalue weighted by Crippen LogP contribution is 2.39. The number of alkyl halides is 2. The molecule has 2 fully saturated rings. The quantitative estimate of drug-likeness (QED) is 0.645. The summed E-state index contributed by atoms with van der Waals surface area (Å²) in [4.78, 5) is 0. The summed E-state index contributed by atoms with van der Waals surface area (Å²) < 4.78 is 30.6. The smallest absolute Gasteiger partial charge is 0.296 e. The van der Waals surface area contributed by atoms with Crippen LogP contribution in [0.25, 0.3) is 0 Å². The second-order valence-corrected chi connectivity index (χ2v) is 3.58. The summed E-state index contributed by atoms with van der Waals surface area (Å²) in [7, 11) is 0. The van der Waals surface area contributed by atoms with E-state index in [1.807, 2.05) is 0 Å².